The first-order valence-electron chi connectivity index (χ1n) is 29.3. The summed E-state index contributed by atoms with van der Waals surface area (Å²) in [5, 5.41) is 28.6. The Balaban J connectivity index is 0.000000116. The number of benzene rings is 12. The van der Waals surface area contributed by atoms with Gasteiger partial charge in [0.05, 0.1) is 50.2 Å². The molecule has 0 radical (unpaired) electrons. The SMILES string of the molecule is Brc1ccc2c(c1)c1ccccc1n2-c1ccccc1.CC1CCCO1.OB(O)c1ccc2c(c1)c1ccccc1n2-c1ccccc1.c1ccc(-n2c3ccccc3c3cc(-c4ccc5c(c4)c4ccccc4n5-c4ccccc4)ccc32)cc1. The maximum atomic E-state index is 9.43. The van der Waals surface area contributed by atoms with Crippen molar-refractivity contribution >= 4 is 116 Å². The van der Waals surface area contributed by atoms with E-state index in [-0.39, 0.29) is 0 Å². The third-order valence-electron chi connectivity index (χ3n) is 16.5. The van der Waals surface area contributed by atoms with Crippen molar-refractivity contribution in [2.45, 2.75) is 25.9 Å². The van der Waals surface area contributed by atoms with Crippen molar-refractivity contribution in [2.75, 3.05) is 6.61 Å². The van der Waals surface area contributed by atoms with Crippen molar-refractivity contribution in [1.82, 2.24) is 18.3 Å². The molecule has 0 saturated carbocycles. The summed E-state index contributed by atoms with van der Waals surface area (Å²) >= 11 is 3.57. The second-order valence-electron chi connectivity index (χ2n) is 21.9. The smallest absolute Gasteiger partial charge is 0.423 e. The zero-order valence-electron chi connectivity index (χ0n) is 47.5. The molecule has 16 aromatic rings. The molecule has 17 rings (SSSR count). The first-order chi connectivity index (χ1) is 42.4. The minimum Gasteiger partial charge on any atom is -0.423 e. The van der Waals surface area contributed by atoms with Crippen LogP contribution >= 0.6 is 15.9 Å². The highest BCUT2D eigenvalue weighted by Crippen LogP contribution is 2.39. The fraction of sp³-hybridized carbons (Fsp3) is 0.0649. The van der Waals surface area contributed by atoms with Gasteiger partial charge in [0.15, 0.2) is 0 Å². The Labute approximate surface area is 507 Å². The van der Waals surface area contributed by atoms with Crippen molar-refractivity contribution in [3.63, 3.8) is 0 Å². The minimum absolute atomic E-state index is 0.503. The van der Waals surface area contributed by atoms with E-state index in [1.165, 1.54) is 106 Å². The number of hydrogen-bond acceptors (Lipinski definition) is 3. The topological polar surface area (TPSA) is 69.4 Å². The highest BCUT2D eigenvalue weighted by Gasteiger charge is 2.19. The standard InChI is InChI=1S/C36H24N2.C18H14BNO2.C18H12BrN.C5H10O/c1-3-11-27(12-4-1)37-33-17-9-7-15-29(33)31-23-25(19-21-35(31)37)26-20-22-36-32(24-26)30-16-8-10-18-34(30)38(36)28-13-5-2-6-14-28;21-19(22)13-10-11-18-16(12-13)15-8-4-5-9-17(15)20(18)14-6-2-1-3-7-14;19-13-10-11-18-16(12-13)15-8-4-5-9-17(15)20(18)14-6-2-1-3-7-14;1-5-3-2-4-6-5/h1-24H;1-12,21-22H;1-12H;5H,2-4H2,1H3. The van der Waals surface area contributed by atoms with E-state index in [1.807, 2.05) is 48.5 Å². The van der Waals surface area contributed by atoms with Gasteiger partial charge < -0.3 is 33.1 Å². The van der Waals surface area contributed by atoms with Gasteiger partial charge in [0.1, 0.15) is 0 Å². The van der Waals surface area contributed by atoms with E-state index in [0.29, 0.717) is 11.6 Å². The molecule has 5 heterocycles. The lowest BCUT2D eigenvalue weighted by molar-refractivity contribution is 0.125. The maximum Gasteiger partial charge on any atom is 0.488 e. The normalized spacial score (nSPS) is 13.0. The first kappa shape index (κ1) is 54.2. The van der Waals surface area contributed by atoms with Crippen LogP contribution in [-0.2, 0) is 4.74 Å². The van der Waals surface area contributed by atoms with E-state index >= 15 is 0 Å². The van der Waals surface area contributed by atoms with Crippen LogP contribution < -0.4 is 5.46 Å². The average Bonchev–Trinajstić information content (AvgIpc) is 2.15. The highest BCUT2D eigenvalue weighted by molar-refractivity contribution is 9.10. The molecular formula is C77H60BBrN4O3. The van der Waals surface area contributed by atoms with Crippen molar-refractivity contribution in [2.24, 2.45) is 0 Å². The van der Waals surface area contributed by atoms with Gasteiger partial charge in [-0.3, -0.25) is 0 Å². The zero-order valence-corrected chi connectivity index (χ0v) is 49.0. The maximum absolute atomic E-state index is 9.43. The summed E-state index contributed by atoms with van der Waals surface area (Å²) in [4.78, 5) is 0. The van der Waals surface area contributed by atoms with Crippen molar-refractivity contribution in [1.29, 1.82) is 0 Å². The number of ether oxygens (including phenoxy) is 1. The molecule has 9 heteroatoms. The van der Waals surface area contributed by atoms with Crippen LogP contribution in [0.3, 0.4) is 0 Å². The van der Waals surface area contributed by atoms with Gasteiger partial charge in [-0.15, -0.1) is 0 Å². The van der Waals surface area contributed by atoms with E-state index in [4.69, 9.17) is 4.74 Å². The molecule has 0 spiro atoms. The second kappa shape index (κ2) is 23.7. The van der Waals surface area contributed by atoms with E-state index < -0.39 is 7.12 Å². The largest absolute Gasteiger partial charge is 0.488 e. The number of rotatable bonds is 6. The van der Waals surface area contributed by atoms with Gasteiger partial charge in [0, 0.05) is 76.9 Å². The number of para-hydroxylation sites is 8. The van der Waals surface area contributed by atoms with Gasteiger partial charge in [0.2, 0.25) is 0 Å². The minimum atomic E-state index is -1.46. The number of aromatic nitrogens is 4. The summed E-state index contributed by atoms with van der Waals surface area (Å²) in [5.74, 6) is 0. The van der Waals surface area contributed by atoms with Gasteiger partial charge in [-0.05, 0) is 158 Å². The fourth-order valence-electron chi connectivity index (χ4n) is 12.6. The van der Waals surface area contributed by atoms with Gasteiger partial charge in [-0.2, -0.15) is 0 Å². The molecule has 416 valence electrons. The van der Waals surface area contributed by atoms with Crippen molar-refractivity contribution in [3.05, 3.63) is 296 Å². The molecule has 7 nitrogen and oxygen atoms in total. The Morgan fingerprint density at radius 3 is 0.965 bits per heavy atom. The predicted octanol–water partition coefficient (Wildman–Crippen LogP) is 18.7. The third kappa shape index (κ3) is 10.2. The van der Waals surface area contributed by atoms with E-state index in [2.05, 4.69) is 278 Å². The molecule has 4 aromatic heterocycles. The predicted molar refractivity (Wildman–Crippen MR) is 364 cm³/mol. The average molecular weight is 1180 g/mol. The lowest BCUT2D eigenvalue weighted by atomic mass is 9.80. The Morgan fingerprint density at radius 2 is 0.640 bits per heavy atom. The Bertz CT molecular complexity index is 4910. The molecule has 1 saturated heterocycles. The van der Waals surface area contributed by atoms with E-state index in [9.17, 15) is 10.0 Å². The Kier molecular flexibility index (Phi) is 15.0. The summed E-state index contributed by atoms with van der Waals surface area (Å²) in [6, 6.07) is 102. The number of fused-ring (bicyclic) bond motifs is 12. The van der Waals surface area contributed by atoms with Gasteiger partial charge in [-0.1, -0.05) is 186 Å². The van der Waals surface area contributed by atoms with Crippen molar-refractivity contribution in [3.8, 4) is 33.9 Å². The molecule has 12 aromatic carbocycles. The van der Waals surface area contributed by atoms with E-state index in [0.717, 1.165) is 38.6 Å². The van der Waals surface area contributed by atoms with Crippen LogP contribution in [0.15, 0.2) is 296 Å². The number of hydrogen-bond donors (Lipinski definition) is 2. The second-order valence-corrected chi connectivity index (χ2v) is 22.8. The summed E-state index contributed by atoms with van der Waals surface area (Å²) in [7, 11) is -1.46. The monoisotopic (exact) mass is 1180 g/mol. The van der Waals surface area contributed by atoms with E-state index in [1.54, 1.807) is 6.07 Å². The molecule has 1 unspecified atom stereocenters. The van der Waals surface area contributed by atoms with Crippen LogP contribution in [0.25, 0.3) is 121 Å². The van der Waals surface area contributed by atoms with Crippen LogP contribution in [0.2, 0.25) is 0 Å². The van der Waals surface area contributed by atoms with Crippen LogP contribution in [0, 0.1) is 0 Å². The van der Waals surface area contributed by atoms with Crippen LogP contribution in [-0.4, -0.2) is 48.1 Å². The molecule has 0 amide bonds. The molecule has 2 N–H and O–H groups in total. The highest BCUT2D eigenvalue weighted by atomic mass is 79.9. The number of halogens is 1. The summed E-state index contributed by atoms with van der Waals surface area (Å²) < 4.78 is 15.5. The van der Waals surface area contributed by atoms with Crippen LogP contribution in [0.4, 0.5) is 0 Å². The quantitative estimate of drug-likeness (QED) is 0.163. The summed E-state index contributed by atoms with van der Waals surface area (Å²) in [6.45, 7) is 3.11. The molecule has 0 aliphatic carbocycles. The van der Waals surface area contributed by atoms with Gasteiger partial charge >= 0.3 is 7.12 Å². The molecule has 1 atom stereocenters. The summed E-state index contributed by atoms with van der Waals surface area (Å²) in [5.41, 5.74) is 17.2. The lowest BCUT2D eigenvalue weighted by Crippen LogP contribution is -2.29. The van der Waals surface area contributed by atoms with Crippen molar-refractivity contribution < 1.29 is 14.8 Å². The zero-order chi connectivity index (χ0) is 58.1. The Hall–Kier alpha value is -9.74. The molecule has 1 aliphatic rings. The molecular weight excluding hydrogens is 1120 g/mol. The Morgan fingerprint density at radius 1 is 0.337 bits per heavy atom. The fourth-order valence-corrected chi connectivity index (χ4v) is 12.9. The lowest BCUT2D eigenvalue weighted by Gasteiger charge is -2.09. The third-order valence-corrected chi connectivity index (χ3v) is 17.0. The molecule has 1 aliphatic heterocycles. The van der Waals surface area contributed by atoms with Crippen LogP contribution in [0.5, 0.6) is 0 Å². The van der Waals surface area contributed by atoms with Crippen LogP contribution in [0.1, 0.15) is 19.8 Å². The molecule has 0 bridgehead atoms. The number of nitrogens with zero attached hydrogens (tertiary/aromatic N) is 4. The molecule has 86 heavy (non-hydrogen) atoms. The molecule has 1 fully saturated rings. The van der Waals surface area contributed by atoms with Gasteiger partial charge in [-0.25, -0.2) is 0 Å². The van der Waals surface area contributed by atoms with Gasteiger partial charge in [0.25, 0.3) is 0 Å². The summed E-state index contributed by atoms with van der Waals surface area (Å²) in [6.07, 6.45) is 3.08. The first-order valence-corrected chi connectivity index (χ1v) is 30.1.